The molecule has 2 aromatic heterocycles. The first kappa shape index (κ1) is 25.9. The van der Waals surface area contributed by atoms with Gasteiger partial charge in [0.2, 0.25) is 11.8 Å². The number of amides is 1. The van der Waals surface area contributed by atoms with Crippen molar-refractivity contribution in [2.24, 2.45) is 5.92 Å². The summed E-state index contributed by atoms with van der Waals surface area (Å²) in [6, 6.07) is 9.55. The maximum atomic E-state index is 13.6. The van der Waals surface area contributed by atoms with Crippen molar-refractivity contribution in [1.29, 1.82) is 0 Å². The van der Waals surface area contributed by atoms with E-state index in [2.05, 4.69) is 30.4 Å². The monoisotopic (exact) mass is 524 g/mol. The molecule has 5 rings (SSSR count). The summed E-state index contributed by atoms with van der Waals surface area (Å²) in [6.07, 6.45) is 3.55. The van der Waals surface area contributed by atoms with E-state index in [1.54, 1.807) is 12.4 Å². The van der Waals surface area contributed by atoms with Crippen molar-refractivity contribution in [2.75, 3.05) is 24.5 Å². The molecule has 2 fully saturated rings. The SMILES string of the molecule is CC1CN(c2nnc(-c3ccc(CNOC=O)cc3)c3ccncc23)CCN1C(=O)C1CCC(F)(F)CC1. The Balaban J connectivity index is 1.32. The molecule has 200 valence electrons. The van der Waals surface area contributed by atoms with Gasteiger partial charge in [-0.05, 0) is 31.4 Å². The summed E-state index contributed by atoms with van der Waals surface area (Å²) in [7, 11) is 0. The van der Waals surface area contributed by atoms with E-state index >= 15 is 0 Å². The zero-order valence-corrected chi connectivity index (χ0v) is 21.1. The minimum absolute atomic E-state index is 0.0167. The molecule has 3 aromatic rings. The van der Waals surface area contributed by atoms with E-state index in [0.29, 0.717) is 38.5 Å². The van der Waals surface area contributed by atoms with Gasteiger partial charge in [0.25, 0.3) is 0 Å². The maximum absolute atomic E-state index is 13.6. The Bertz CT molecular complexity index is 1300. The normalized spacial score (nSPS) is 19.9. The summed E-state index contributed by atoms with van der Waals surface area (Å²) in [4.78, 5) is 36.2. The van der Waals surface area contributed by atoms with Gasteiger partial charge in [0.15, 0.2) is 5.82 Å². The van der Waals surface area contributed by atoms with Crippen LogP contribution >= 0.6 is 0 Å². The van der Waals surface area contributed by atoms with E-state index in [-0.39, 0.29) is 43.6 Å². The van der Waals surface area contributed by atoms with Crippen LogP contribution in [0.4, 0.5) is 14.6 Å². The standard InChI is InChI=1S/C27H30F2N6O3/c1-18-16-34(12-13-35(18)26(37)21-6-9-27(28,29)10-7-21)25-23-15-30-11-8-22(23)24(32-33-25)20-4-2-19(3-5-20)14-31-38-17-36/h2-5,8,11,15,17-18,21,31H,6-7,9-10,12-14,16H2,1H3. The number of hydrogen-bond acceptors (Lipinski definition) is 8. The van der Waals surface area contributed by atoms with Crippen LogP contribution in [0.3, 0.4) is 0 Å². The number of aromatic nitrogens is 3. The first-order valence-corrected chi connectivity index (χ1v) is 12.8. The maximum Gasteiger partial charge on any atom is 0.312 e. The Labute approximate surface area is 219 Å². The van der Waals surface area contributed by atoms with Crippen molar-refractivity contribution in [3.8, 4) is 11.3 Å². The third-order valence-electron chi connectivity index (χ3n) is 7.47. The number of nitrogens with zero attached hydrogens (tertiary/aromatic N) is 5. The molecule has 1 saturated heterocycles. The molecule has 0 radical (unpaired) electrons. The number of rotatable bonds is 7. The molecule has 1 saturated carbocycles. The van der Waals surface area contributed by atoms with E-state index in [4.69, 9.17) is 0 Å². The van der Waals surface area contributed by atoms with Crippen molar-refractivity contribution < 1.29 is 23.2 Å². The Morgan fingerprint density at radius 3 is 2.61 bits per heavy atom. The van der Waals surface area contributed by atoms with E-state index < -0.39 is 5.92 Å². The Hall–Kier alpha value is -3.73. The highest BCUT2D eigenvalue weighted by Gasteiger charge is 2.40. The molecule has 9 nitrogen and oxygen atoms in total. The Kier molecular flexibility index (Phi) is 7.46. The number of hydroxylamine groups is 1. The van der Waals surface area contributed by atoms with Crippen molar-refractivity contribution in [2.45, 2.75) is 51.1 Å². The van der Waals surface area contributed by atoms with E-state index in [1.807, 2.05) is 42.2 Å². The molecule has 38 heavy (non-hydrogen) atoms. The molecule has 3 heterocycles. The summed E-state index contributed by atoms with van der Waals surface area (Å²) in [6.45, 7) is 4.35. The first-order valence-electron chi connectivity index (χ1n) is 12.8. The molecular weight excluding hydrogens is 494 g/mol. The fourth-order valence-electron chi connectivity index (χ4n) is 5.37. The highest BCUT2D eigenvalue weighted by Crippen LogP contribution is 2.38. The first-order chi connectivity index (χ1) is 18.4. The molecule has 1 N–H and O–H groups in total. The van der Waals surface area contributed by atoms with E-state index in [9.17, 15) is 18.4 Å². The van der Waals surface area contributed by atoms with Crippen molar-refractivity contribution in [3.05, 3.63) is 48.3 Å². The predicted molar refractivity (Wildman–Crippen MR) is 137 cm³/mol. The minimum atomic E-state index is -2.65. The summed E-state index contributed by atoms with van der Waals surface area (Å²) >= 11 is 0. The summed E-state index contributed by atoms with van der Waals surface area (Å²) in [5.74, 6) is -2.28. The third-order valence-corrected chi connectivity index (χ3v) is 7.47. The lowest BCUT2D eigenvalue weighted by Gasteiger charge is -2.42. The Morgan fingerprint density at radius 2 is 1.89 bits per heavy atom. The molecule has 2 aliphatic rings. The smallest absolute Gasteiger partial charge is 0.312 e. The lowest BCUT2D eigenvalue weighted by atomic mass is 9.85. The molecule has 1 amide bonds. The number of piperazine rings is 1. The number of carbonyl (C=O) groups excluding carboxylic acids is 2. The zero-order chi connectivity index (χ0) is 26.7. The van der Waals surface area contributed by atoms with Gasteiger partial charge in [0.05, 0.1) is 6.54 Å². The van der Waals surface area contributed by atoms with Crippen molar-refractivity contribution in [3.63, 3.8) is 0 Å². The van der Waals surface area contributed by atoms with Crippen LogP contribution in [0.1, 0.15) is 38.2 Å². The second-order valence-corrected chi connectivity index (χ2v) is 9.98. The van der Waals surface area contributed by atoms with Gasteiger partial charge >= 0.3 is 6.47 Å². The number of fused-ring (bicyclic) bond motifs is 1. The van der Waals surface area contributed by atoms with Crippen LogP contribution in [0.5, 0.6) is 0 Å². The average Bonchev–Trinajstić information content (AvgIpc) is 2.93. The molecule has 1 aliphatic carbocycles. The quantitative estimate of drug-likeness (QED) is 0.284. The number of anilines is 1. The Morgan fingerprint density at radius 1 is 1.13 bits per heavy atom. The van der Waals surface area contributed by atoms with Gasteiger partial charge in [-0.2, -0.15) is 0 Å². The number of halogens is 2. The molecule has 11 heteroatoms. The number of pyridine rings is 1. The van der Waals surface area contributed by atoms with Crippen LogP contribution in [0, 0.1) is 5.92 Å². The largest absolute Gasteiger partial charge is 0.373 e. The third kappa shape index (κ3) is 5.42. The highest BCUT2D eigenvalue weighted by atomic mass is 19.3. The summed E-state index contributed by atoms with van der Waals surface area (Å²) in [5, 5.41) is 10.9. The van der Waals surface area contributed by atoms with Crippen LogP contribution in [0.25, 0.3) is 22.0 Å². The van der Waals surface area contributed by atoms with Gasteiger partial charge in [-0.3, -0.25) is 14.6 Å². The second-order valence-electron chi connectivity index (χ2n) is 9.98. The molecule has 1 aromatic carbocycles. The van der Waals surface area contributed by atoms with Crippen LogP contribution in [0.15, 0.2) is 42.7 Å². The molecule has 0 spiro atoms. The second kappa shape index (κ2) is 10.9. The average molecular weight is 525 g/mol. The highest BCUT2D eigenvalue weighted by molar-refractivity contribution is 5.99. The van der Waals surface area contributed by atoms with E-state index in [1.165, 1.54) is 0 Å². The van der Waals surface area contributed by atoms with Gasteiger partial charge in [-0.15, -0.1) is 15.7 Å². The molecule has 1 aliphatic heterocycles. The number of carbonyl (C=O) groups is 2. The lowest BCUT2D eigenvalue weighted by molar-refractivity contribution is -0.142. The minimum Gasteiger partial charge on any atom is -0.373 e. The molecule has 0 bridgehead atoms. The van der Waals surface area contributed by atoms with Crippen LogP contribution < -0.4 is 10.4 Å². The van der Waals surface area contributed by atoms with Gasteiger partial charge in [0, 0.05) is 73.2 Å². The fourth-order valence-corrected chi connectivity index (χ4v) is 5.37. The van der Waals surface area contributed by atoms with E-state index in [0.717, 1.165) is 27.6 Å². The van der Waals surface area contributed by atoms with Gasteiger partial charge in [-0.1, -0.05) is 24.3 Å². The van der Waals surface area contributed by atoms with Gasteiger partial charge < -0.3 is 14.6 Å². The van der Waals surface area contributed by atoms with Crippen molar-refractivity contribution in [1.82, 2.24) is 25.6 Å². The van der Waals surface area contributed by atoms with Gasteiger partial charge in [0.1, 0.15) is 5.69 Å². The molecule has 1 atom stereocenters. The fraction of sp³-hybridized carbons (Fsp3) is 0.444. The lowest BCUT2D eigenvalue weighted by Crippen LogP contribution is -2.56. The zero-order valence-electron chi connectivity index (χ0n) is 21.1. The number of alkyl halides is 2. The number of hydrogen-bond donors (Lipinski definition) is 1. The predicted octanol–water partition coefficient (Wildman–Crippen LogP) is 3.73. The number of nitrogens with one attached hydrogen (secondary N) is 1. The summed E-state index contributed by atoms with van der Waals surface area (Å²) in [5.41, 5.74) is 5.11. The van der Waals surface area contributed by atoms with Crippen LogP contribution in [-0.4, -0.2) is 64.1 Å². The molecule has 1 unspecified atom stereocenters. The van der Waals surface area contributed by atoms with Crippen LogP contribution in [0.2, 0.25) is 0 Å². The topological polar surface area (TPSA) is 101 Å². The van der Waals surface area contributed by atoms with Gasteiger partial charge in [-0.25, -0.2) is 8.78 Å². The van der Waals surface area contributed by atoms with Crippen LogP contribution in [-0.2, 0) is 21.0 Å². The molecular formula is C27H30F2N6O3. The summed E-state index contributed by atoms with van der Waals surface area (Å²) < 4.78 is 27.1. The number of benzene rings is 1. The van der Waals surface area contributed by atoms with Crippen molar-refractivity contribution >= 4 is 29.0 Å².